The number of carbonyl (C=O) groups is 2. The lowest BCUT2D eigenvalue weighted by atomic mass is 10.1. The highest BCUT2D eigenvalue weighted by Gasteiger charge is 2.20. The van der Waals surface area contributed by atoms with Gasteiger partial charge in [0.15, 0.2) is 9.84 Å². The third-order valence-corrected chi connectivity index (χ3v) is 6.11. The van der Waals surface area contributed by atoms with Crippen molar-refractivity contribution in [3.05, 3.63) is 89.7 Å². The number of nitrogens with zero attached hydrogens (tertiary/aromatic N) is 2. The standard InChI is InChI=1S/C23H23N3O4S/c1-16(17-9-11-21(12-10-17)31(3,29)30)26(2)23(28)18-6-4-8-20(14-18)25-22(27)19-7-5-13-24-15-19/h4-16H,1-3H3,(H,25,27). The molecule has 31 heavy (non-hydrogen) atoms. The third-order valence-electron chi connectivity index (χ3n) is 4.98. The van der Waals surface area contributed by atoms with Crippen LogP contribution in [0.2, 0.25) is 0 Å². The molecule has 1 heterocycles. The van der Waals surface area contributed by atoms with Crippen LogP contribution >= 0.6 is 0 Å². The van der Waals surface area contributed by atoms with Gasteiger partial charge in [0.25, 0.3) is 11.8 Å². The average Bonchev–Trinajstić information content (AvgIpc) is 2.78. The van der Waals surface area contributed by atoms with E-state index in [0.717, 1.165) is 11.8 Å². The van der Waals surface area contributed by atoms with E-state index in [4.69, 9.17) is 0 Å². The molecule has 8 heteroatoms. The minimum atomic E-state index is -3.28. The zero-order valence-electron chi connectivity index (χ0n) is 17.4. The highest BCUT2D eigenvalue weighted by molar-refractivity contribution is 7.90. The predicted octanol–water partition coefficient (Wildman–Crippen LogP) is 3.57. The van der Waals surface area contributed by atoms with Gasteiger partial charge in [0.05, 0.1) is 16.5 Å². The van der Waals surface area contributed by atoms with Gasteiger partial charge in [0.1, 0.15) is 0 Å². The maximum absolute atomic E-state index is 13.0. The summed E-state index contributed by atoms with van der Waals surface area (Å²) in [5, 5.41) is 2.77. The first-order valence-electron chi connectivity index (χ1n) is 9.55. The summed E-state index contributed by atoms with van der Waals surface area (Å²) in [4.78, 5) is 31.1. The van der Waals surface area contributed by atoms with Gasteiger partial charge < -0.3 is 10.2 Å². The van der Waals surface area contributed by atoms with E-state index in [1.54, 1.807) is 66.7 Å². The summed E-state index contributed by atoms with van der Waals surface area (Å²) < 4.78 is 23.3. The molecule has 2 aromatic carbocycles. The van der Waals surface area contributed by atoms with Gasteiger partial charge in [-0.25, -0.2) is 8.42 Å². The summed E-state index contributed by atoms with van der Waals surface area (Å²) in [6, 6.07) is 16.2. The topological polar surface area (TPSA) is 96.4 Å². The van der Waals surface area contributed by atoms with Crippen LogP contribution in [0, 0.1) is 0 Å². The Hall–Kier alpha value is -3.52. The molecule has 1 unspecified atom stereocenters. The highest BCUT2D eigenvalue weighted by atomic mass is 32.2. The van der Waals surface area contributed by atoms with Crippen LogP contribution in [0.1, 0.15) is 39.2 Å². The molecule has 0 spiro atoms. The first-order valence-corrected chi connectivity index (χ1v) is 11.4. The minimum Gasteiger partial charge on any atom is -0.335 e. The summed E-state index contributed by atoms with van der Waals surface area (Å²) in [5.74, 6) is -0.539. The van der Waals surface area contributed by atoms with Crippen LogP contribution in [0.15, 0.2) is 78.0 Å². The van der Waals surface area contributed by atoms with E-state index in [9.17, 15) is 18.0 Å². The molecule has 1 aromatic heterocycles. The lowest BCUT2D eigenvalue weighted by Gasteiger charge is -2.26. The molecule has 0 saturated carbocycles. The summed E-state index contributed by atoms with van der Waals surface area (Å²) in [7, 11) is -1.60. The van der Waals surface area contributed by atoms with Crippen molar-refractivity contribution >= 4 is 27.3 Å². The highest BCUT2D eigenvalue weighted by Crippen LogP contribution is 2.23. The van der Waals surface area contributed by atoms with Gasteiger partial charge >= 0.3 is 0 Å². The van der Waals surface area contributed by atoms with E-state index in [2.05, 4.69) is 10.3 Å². The number of sulfone groups is 1. The van der Waals surface area contributed by atoms with Crippen LogP contribution in [0.5, 0.6) is 0 Å². The van der Waals surface area contributed by atoms with E-state index in [1.807, 2.05) is 6.92 Å². The number of hydrogen-bond acceptors (Lipinski definition) is 5. The number of amides is 2. The van der Waals surface area contributed by atoms with E-state index >= 15 is 0 Å². The number of pyridine rings is 1. The maximum atomic E-state index is 13.0. The minimum absolute atomic E-state index is 0.225. The van der Waals surface area contributed by atoms with Crippen LogP contribution in [0.4, 0.5) is 5.69 Å². The molecule has 0 aliphatic carbocycles. The number of aromatic nitrogens is 1. The first kappa shape index (κ1) is 22.2. The number of benzene rings is 2. The zero-order chi connectivity index (χ0) is 22.6. The van der Waals surface area contributed by atoms with E-state index in [-0.39, 0.29) is 22.8 Å². The monoisotopic (exact) mass is 437 g/mol. The molecule has 0 aliphatic heterocycles. The molecule has 2 amide bonds. The van der Waals surface area contributed by atoms with Crippen molar-refractivity contribution in [1.82, 2.24) is 9.88 Å². The molecule has 3 aromatic rings. The Labute approximate surface area is 181 Å². The Morgan fingerprint density at radius 1 is 1.00 bits per heavy atom. The molecule has 1 N–H and O–H groups in total. The van der Waals surface area contributed by atoms with Crippen molar-refractivity contribution in [3.8, 4) is 0 Å². The second kappa shape index (κ2) is 9.09. The van der Waals surface area contributed by atoms with Crippen LogP contribution < -0.4 is 5.32 Å². The second-order valence-corrected chi connectivity index (χ2v) is 9.23. The van der Waals surface area contributed by atoms with Gasteiger partial charge in [0.2, 0.25) is 0 Å². The quantitative estimate of drug-likeness (QED) is 0.636. The second-order valence-electron chi connectivity index (χ2n) is 7.21. The van der Waals surface area contributed by atoms with Crippen molar-refractivity contribution in [3.63, 3.8) is 0 Å². The number of nitrogens with one attached hydrogen (secondary N) is 1. The van der Waals surface area contributed by atoms with Crippen molar-refractivity contribution in [2.45, 2.75) is 17.9 Å². The van der Waals surface area contributed by atoms with Crippen LogP contribution in [-0.4, -0.2) is 43.4 Å². The number of hydrogen-bond donors (Lipinski definition) is 1. The normalized spacial score (nSPS) is 12.1. The fourth-order valence-corrected chi connectivity index (χ4v) is 3.66. The Morgan fingerprint density at radius 2 is 1.68 bits per heavy atom. The largest absolute Gasteiger partial charge is 0.335 e. The molecule has 0 fully saturated rings. The van der Waals surface area contributed by atoms with E-state index < -0.39 is 9.84 Å². The van der Waals surface area contributed by atoms with Gasteiger partial charge in [-0.1, -0.05) is 18.2 Å². The van der Waals surface area contributed by atoms with Gasteiger partial charge in [-0.3, -0.25) is 14.6 Å². The first-order chi connectivity index (χ1) is 14.7. The summed E-state index contributed by atoms with van der Waals surface area (Å²) >= 11 is 0. The Bertz CT molecular complexity index is 1190. The van der Waals surface area contributed by atoms with E-state index in [0.29, 0.717) is 16.8 Å². The molecule has 0 aliphatic rings. The molecule has 0 radical (unpaired) electrons. The summed E-state index contributed by atoms with van der Waals surface area (Å²) in [6.07, 6.45) is 4.21. The molecular formula is C23H23N3O4S. The van der Waals surface area contributed by atoms with Gasteiger partial charge in [-0.15, -0.1) is 0 Å². The van der Waals surface area contributed by atoms with Crippen molar-refractivity contribution in [1.29, 1.82) is 0 Å². The number of rotatable bonds is 6. The Kier molecular flexibility index (Phi) is 6.50. The molecular weight excluding hydrogens is 414 g/mol. The molecule has 0 bridgehead atoms. The van der Waals surface area contributed by atoms with Crippen molar-refractivity contribution in [2.75, 3.05) is 18.6 Å². The summed E-state index contributed by atoms with van der Waals surface area (Å²) in [5.41, 5.74) is 2.15. The molecule has 0 saturated heterocycles. The molecule has 1 atom stereocenters. The smallest absolute Gasteiger partial charge is 0.257 e. The summed E-state index contributed by atoms with van der Waals surface area (Å²) in [6.45, 7) is 1.86. The van der Waals surface area contributed by atoms with E-state index in [1.165, 1.54) is 18.3 Å². The van der Waals surface area contributed by atoms with Crippen LogP contribution in [0.3, 0.4) is 0 Å². The van der Waals surface area contributed by atoms with Crippen molar-refractivity contribution in [2.24, 2.45) is 0 Å². The van der Waals surface area contributed by atoms with Crippen molar-refractivity contribution < 1.29 is 18.0 Å². The molecule has 3 rings (SSSR count). The zero-order valence-corrected chi connectivity index (χ0v) is 18.3. The third kappa shape index (κ3) is 5.35. The fraction of sp³-hybridized carbons (Fsp3) is 0.174. The van der Waals surface area contributed by atoms with Gasteiger partial charge in [-0.2, -0.15) is 0 Å². The predicted molar refractivity (Wildman–Crippen MR) is 119 cm³/mol. The SMILES string of the molecule is CC(c1ccc(S(C)(=O)=O)cc1)N(C)C(=O)c1cccc(NC(=O)c2cccnc2)c1. The Morgan fingerprint density at radius 3 is 2.29 bits per heavy atom. The number of anilines is 1. The molecule has 7 nitrogen and oxygen atoms in total. The average molecular weight is 438 g/mol. The lowest BCUT2D eigenvalue weighted by Crippen LogP contribution is -2.29. The van der Waals surface area contributed by atoms with Crippen LogP contribution in [0.25, 0.3) is 0 Å². The fourth-order valence-electron chi connectivity index (χ4n) is 3.03. The molecule has 160 valence electrons. The van der Waals surface area contributed by atoms with Crippen LogP contribution in [-0.2, 0) is 9.84 Å². The van der Waals surface area contributed by atoms with Gasteiger partial charge in [-0.05, 0) is 55.0 Å². The Balaban J connectivity index is 1.74. The maximum Gasteiger partial charge on any atom is 0.257 e. The number of carbonyl (C=O) groups excluding carboxylic acids is 2. The van der Waals surface area contributed by atoms with Gasteiger partial charge in [0, 0.05) is 36.9 Å². The lowest BCUT2D eigenvalue weighted by molar-refractivity contribution is 0.0742.